The molecule has 386 valence electrons. The largest absolute Gasteiger partial charge is 0.459 e. The van der Waals surface area contributed by atoms with E-state index in [4.69, 9.17) is 4.74 Å². The fourth-order valence-corrected chi connectivity index (χ4v) is 10.2. The summed E-state index contributed by atoms with van der Waals surface area (Å²) in [5, 5.41) is 17.7. The van der Waals surface area contributed by atoms with Crippen molar-refractivity contribution in [2.75, 3.05) is 9.80 Å². The second-order valence-corrected chi connectivity index (χ2v) is 21.4. The minimum atomic E-state index is -1.25. The standard InChI is InChI=1S/C60H60N10O6/c1-59(2,3)40-19-23-42(24-20-40)69(56(74)47-33-63-35-65-47)52(39-16-12-28-62-32-39)55(73)68-50-44-17-9-7-14-37(44)30-49(50)76-58-64-34-48(67-58)57(75)70(43-25-21-41(22-26-43)60(4,5)6)51(38-15-11-27-61-31-38)54(72)66-46-29-36-13-8-10-18-45(36)53(46)71/h7-28,31-35,46,49-53,71H,29-30H2,1-6H3,(H,63,65)(H,64,67)(H,66,72)(H,68,73)/t46-,49+,50+,51?,52?,53+/m1/s1. The predicted octanol–water partition coefficient (Wildman–Crippen LogP) is 8.93. The Morgan fingerprint density at radius 3 is 1.64 bits per heavy atom. The van der Waals surface area contributed by atoms with Gasteiger partial charge in [0.05, 0.1) is 36.9 Å². The number of ether oxygens (including phenoxy) is 1. The first-order valence-electron chi connectivity index (χ1n) is 25.4. The highest BCUT2D eigenvalue weighted by molar-refractivity contribution is 6.10. The summed E-state index contributed by atoms with van der Waals surface area (Å²) in [4.78, 5) is 86.4. The Balaban J connectivity index is 0.974. The van der Waals surface area contributed by atoms with E-state index in [0.717, 1.165) is 33.4 Å². The summed E-state index contributed by atoms with van der Waals surface area (Å²) in [7, 11) is 0. The molecule has 5 N–H and O–H groups in total. The smallest absolute Gasteiger partial charge is 0.294 e. The Bertz CT molecular complexity index is 3350. The number of nitrogens with one attached hydrogen (secondary N) is 4. The second-order valence-electron chi connectivity index (χ2n) is 21.4. The van der Waals surface area contributed by atoms with Crippen LogP contribution in [0, 0.1) is 0 Å². The van der Waals surface area contributed by atoms with Gasteiger partial charge in [0.1, 0.15) is 29.6 Å². The van der Waals surface area contributed by atoms with E-state index < -0.39 is 60.0 Å². The van der Waals surface area contributed by atoms with Crippen LogP contribution in [0.5, 0.6) is 6.01 Å². The van der Waals surface area contributed by atoms with Gasteiger partial charge in [-0.3, -0.25) is 38.9 Å². The second kappa shape index (κ2) is 20.9. The highest BCUT2D eigenvalue weighted by atomic mass is 16.5. The highest BCUT2D eigenvalue weighted by Gasteiger charge is 2.42. The topological polar surface area (TPSA) is 211 Å². The van der Waals surface area contributed by atoms with Crippen molar-refractivity contribution in [3.05, 3.63) is 221 Å². The van der Waals surface area contributed by atoms with Gasteiger partial charge in [-0.2, -0.15) is 0 Å². The fourth-order valence-electron chi connectivity index (χ4n) is 10.2. The lowest BCUT2D eigenvalue weighted by molar-refractivity contribution is -0.124. The number of aliphatic hydroxyl groups excluding tert-OH is 1. The summed E-state index contributed by atoms with van der Waals surface area (Å²) in [6.07, 6.45) is 9.59. The zero-order chi connectivity index (χ0) is 53.3. The Labute approximate surface area is 441 Å². The third kappa shape index (κ3) is 10.4. The summed E-state index contributed by atoms with van der Waals surface area (Å²) in [5.41, 5.74) is 7.10. The van der Waals surface area contributed by atoms with Gasteiger partial charge >= 0.3 is 0 Å². The van der Waals surface area contributed by atoms with Crippen molar-refractivity contribution in [2.45, 2.75) is 102 Å². The maximum Gasteiger partial charge on any atom is 0.294 e. The van der Waals surface area contributed by atoms with E-state index in [1.807, 2.05) is 97.1 Å². The van der Waals surface area contributed by atoms with Crippen molar-refractivity contribution < 1.29 is 29.0 Å². The molecular formula is C60H60N10O6. The molecule has 4 aromatic heterocycles. The number of nitrogens with zero attached hydrogens (tertiary/aromatic N) is 6. The van der Waals surface area contributed by atoms with E-state index in [-0.39, 0.29) is 28.2 Å². The van der Waals surface area contributed by atoms with Gasteiger partial charge in [0.15, 0.2) is 0 Å². The maximum atomic E-state index is 15.3. The number of pyridine rings is 2. The van der Waals surface area contributed by atoms with Gasteiger partial charge < -0.3 is 30.4 Å². The van der Waals surface area contributed by atoms with Crippen molar-refractivity contribution in [3.8, 4) is 6.01 Å². The van der Waals surface area contributed by atoms with Crippen LogP contribution in [-0.2, 0) is 33.3 Å². The first-order valence-corrected chi connectivity index (χ1v) is 25.4. The minimum Gasteiger partial charge on any atom is -0.459 e. The number of benzene rings is 4. The van der Waals surface area contributed by atoms with Crippen LogP contribution in [0.1, 0.15) is 131 Å². The number of aromatic nitrogens is 6. The molecule has 4 aromatic carbocycles. The number of fused-ring (bicyclic) bond motifs is 2. The molecule has 16 heteroatoms. The number of carbonyl (C=O) groups excluding carboxylic acids is 4. The normalized spacial score (nSPS) is 17.7. The summed E-state index contributed by atoms with van der Waals surface area (Å²) < 4.78 is 6.67. The average molecular weight is 1020 g/mol. The SMILES string of the molecule is CC(C)(C)c1ccc(N(C(=O)c2cnc[nH]2)C(C(=O)N[C@H]2c3ccccc3C[C@@H]2Oc2ncc(C(=O)N(c3ccc(C(C)(C)C)cc3)C(C(=O)N[C@@H]3Cc4ccccc4[C@@H]3O)c3cccnc3)[nH]2)c2cccnc2)cc1. The zero-order valence-electron chi connectivity index (χ0n) is 43.1. The molecule has 8 aromatic rings. The van der Waals surface area contributed by atoms with Gasteiger partial charge in [-0.25, -0.2) is 9.97 Å². The van der Waals surface area contributed by atoms with Gasteiger partial charge in [-0.1, -0.05) is 126 Å². The molecule has 4 heterocycles. The molecule has 76 heavy (non-hydrogen) atoms. The summed E-state index contributed by atoms with van der Waals surface area (Å²) in [6.45, 7) is 12.6. The van der Waals surface area contributed by atoms with Gasteiger partial charge in [0, 0.05) is 53.7 Å². The molecular weight excluding hydrogens is 957 g/mol. The van der Waals surface area contributed by atoms with E-state index in [0.29, 0.717) is 35.3 Å². The number of anilines is 2. The highest BCUT2D eigenvalue weighted by Crippen LogP contribution is 2.39. The van der Waals surface area contributed by atoms with Crippen LogP contribution in [0.15, 0.2) is 165 Å². The number of amides is 4. The molecule has 0 aliphatic heterocycles. The minimum absolute atomic E-state index is 0.00328. The molecule has 0 saturated heterocycles. The molecule has 2 unspecified atom stereocenters. The number of aliphatic hydroxyl groups is 1. The average Bonchev–Trinajstić information content (AvgIpc) is 4.26. The predicted molar refractivity (Wildman–Crippen MR) is 288 cm³/mol. The fraction of sp³-hybridized carbons (Fsp3) is 0.267. The lowest BCUT2D eigenvalue weighted by Gasteiger charge is -2.33. The van der Waals surface area contributed by atoms with E-state index in [1.165, 1.54) is 28.5 Å². The van der Waals surface area contributed by atoms with Gasteiger partial charge in [0.2, 0.25) is 11.8 Å². The Morgan fingerprint density at radius 2 is 1.13 bits per heavy atom. The molecule has 2 aliphatic carbocycles. The number of hydrogen-bond donors (Lipinski definition) is 5. The van der Waals surface area contributed by atoms with Crippen LogP contribution in [0.4, 0.5) is 11.4 Å². The monoisotopic (exact) mass is 1020 g/mol. The first kappa shape index (κ1) is 50.8. The molecule has 2 aliphatic rings. The van der Waals surface area contributed by atoms with E-state index >= 15 is 9.59 Å². The third-order valence-corrected chi connectivity index (χ3v) is 14.3. The summed E-state index contributed by atoms with van der Waals surface area (Å²) in [5.74, 6) is -2.11. The molecule has 0 fully saturated rings. The van der Waals surface area contributed by atoms with Crippen LogP contribution >= 0.6 is 0 Å². The first-order chi connectivity index (χ1) is 36.5. The lowest BCUT2D eigenvalue weighted by Crippen LogP contribution is -2.48. The van der Waals surface area contributed by atoms with Crippen molar-refractivity contribution in [3.63, 3.8) is 0 Å². The van der Waals surface area contributed by atoms with E-state index in [9.17, 15) is 14.7 Å². The van der Waals surface area contributed by atoms with Crippen LogP contribution in [0.2, 0.25) is 0 Å². The Kier molecular flexibility index (Phi) is 13.9. The van der Waals surface area contributed by atoms with Crippen LogP contribution in [-0.4, -0.2) is 70.8 Å². The lowest BCUT2D eigenvalue weighted by atomic mass is 9.87. The number of carbonyl (C=O) groups is 4. The van der Waals surface area contributed by atoms with Crippen molar-refractivity contribution in [1.29, 1.82) is 0 Å². The van der Waals surface area contributed by atoms with Gasteiger partial charge in [-0.05, 0) is 87.0 Å². The number of hydrogen-bond acceptors (Lipinski definition) is 10. The third-order valence-electron chi connectivity index (χ3n) is 14.3. The molecule has 0 saturated carbocycles. The zero-order valence-corrected chi connectivity index (χ0v) is 43.1. The maximum absolute atomic E-state index is 15.3. The van der Waals surface area contributed by atoms with Crippen LogP contribution in [0.25, 0.3) is 0 Å². The van der Waals surface area contributed by atoms with Crippen molar-refractivity contribution >= 4 is 35.0 Å². The number of aromatic amines is 2. The number of H-pyrrole nitrogens is 2. The van der Waals surface area contributed by atoms with Gasteiger partial charge in [-0.15, -0.1) is 0 Å². The Hall–Kier alpha value is -8.76. The summed E-state index contributed by atoms with van der Waals surface area (Å²) in [6, 6.07) is 33.4. The quantitative estimate of drug-likeness (QED) is 0.0698. The molecule has 10 rings (SSSR count). The molecule has 4 amide bonds. The molecule has 0 radical (unpaired) electrons. The number of rotatable bonds is 14. The summed E-state index contributed by atoms with van der Waals surface area (Å²) >= 11 is 0. The molecule has 16 nitrogen and oxygen atoms in total. The number of imidazole rings is 2. The molecule has 0 spiro atoms. The Morgan fingerprint density at radius 1 is 0.605 bits per heavy atom. The van der Waals surface area contributed by atoms with Gasteiger partial charge in [0.25, 0.3) is 17.8 Å². The van der Waals surface area contributed by atoms with E-state index in [2.05, 4.69) is 82.1 Å². The molecule has 6 atom stereocenters. The van der Waals surface area contributed by atoms with E-state index in [1.54, 1.807) is 49.1 Å². The van der Waals surface area contributed by atoms with Crippen molar-refractivity contribution in [1.82, 2.24) is 40.5 Å². The van der Waals surface area contributed by atoms with Crippen LogP contribution < -0.4 is 25.2 Å². The van der Waals surface area contributed by atoms with Crippen LogP contribution in [0.3, 0.4) is 0 Å². The molecule has 0 bridgehead atoms. The van der Waals surface area contributed by atoms with Crippen molar-refractivity contribution in [2.24, 2.45) is 0 Å².